The van der Waals surface area contributed by atoms with Crippen molar-refractivity contribution in [3.05, 3.63) is 78.4 Å². The molecule has 0 fully saturated rings. The van der Waals surface area contributed by atoms with E-state index in [1.807, 2.05) is 36.4 Å². The molecule has 3 rings (SSSR count). The van der Waals surface area contributed by atoms with Crippen LogP contribution in [0.1, 0.15) is 10.4 Å². The number of nitrogens with one attached hydrogen (secondary N) is 1. The smallest absolute Gasteiger partial charge is 0.259 e. The van der Waals surface area contributed by atoms with Gasteiger partial charge >= 0.3 is 0 Å². The lowest BCUT2D eigenvalue weighted by molar-refractivity contribution is 0.102. The second kappa shape index (κ2) is 8.07. The summed E-state index contributed by atoms with van der Waals surface area (Å²) in [4.78, 5) is 12.7. The van der Waals surface area contributed by atoms with Gasteiger partial charge in [0.1, 0.15) is 11.5 Å². The normalized spacial score (nSPS) is 10.1. The molecule has 5 heteroatoms. The molecule has 1 N–H and O–H groups in total. The van der Waals surface area contributed by atoms with Crippen LogP contribution in [0.2, 0.25) is 0 Å². The van der Waals surface area contributed by atoms with Crippen molar-refractivity contribution in [1.82, 2.24) is 0 Å². The Bertz CT molecular complexity index is 894. The van der Waals surface area contributed by atoms with Gasteiger partial charge in [0.15, 0.2) is 11.5 Å². The monoisotopic (exact) mass is 349 g/mol. The third kappa shape index (κ3) is 3.95. The number of benzene rings is 3. The van der Waals surface area contributed by atoms with Crippen LogP contribution in [0.15, 0.2) is 72.8 Å². The number of anilines is 1. The van der Waals surface area contributed by atoms with E-state index in [1.165, 1.54) is 0 Å². The van der Waals surface area contributed by atoms with Gasteiger partial charge in [-0.05, 0) is 36.4 Å². The summed E-state index contributed by atoms with van der Waals surface area (Å²) >= 11 is 0. The highest BCUT2D eigenvalue weighted by atomic mass is 16.5. The number of carbonyl (C=O) groups is 1. The maximum Gasteiger partial charge on any atom is 0.259 e. The second-order valence-corrected chi connectivity index (χ2v) is 5.44. The molecule has 0 radical (unpaired) electrons. The van der Waals surface area contributed by atoms with Gasteiger partial charge in [0, 0.05) is 11.8 Å². The summed E-state index contributed by atoms with van der Waals surface area (Å²) in [6, 6.07) is 21.6. The minimum absolute atomic E-state index is 0.274. The molecule has 26 heavy (non-hydrogen) atoms. The first-order valence-electron chi connectivity index (χ1n) is 8.06. The van der Waals surface area contributed by atoms with Crippen LogP contribution in [0.3, 0.4) is 0 Å². The molecule has 0 aliphatic carbocycles. The predicted octanol–water partition coefficient (Wildman–Crippen LogP) is 4.75. The first-order chi connectivity index (χ1) is 12.7. The minimum Gasteiger partial charge on any atom is -0.493 e. The first kappa shape index (κ1) is 17.4. The summed E-state index contributed by atoms with van der Waals surface area (Å²) in [6.07, 6.45) is 0. The average Bonchev–Trinajstić information content (AvgIpc) is 2.69. The molecule has 0 spiro atoms. The number of amides is 1. The molecule has 5 nitrogen and oxygen atoms in total. The molecular weight excluding hydrogens is 330 g/mol. The highest BCUT2D eigenvalue weighted by Crippen LogP contribution is 2.31. The lowest BCUT2D eigenvalue weighted by Crippen LogP contribution is -2.13. The summed E-state index contributed by atoms with van der Waals surface area (Å²) in [5.74, 6) is 2.01. The molecule has 3 aromatic rings. The number of rotatable bonds is 6. The Morgan fingerprint density at radius 2 is 1.46 bits per heavy atom. The van der Waals surface area contributed by atoms with Crippen LogP contribution >= 0.6 is 0 Å². The summed E-state index contributed by atoms with van der Waals surface area (Å²) in [5.41, 5.74) is 1.04. The van der Waals surface area contributed by atoms with E-state index >= 15 is 0 Å². The standard InChI is InChI=1S/C21H19NO4/c1-24-19-13-12-15(14-20(19)25-2)22-21(23)17-10-6-7-11-18(17)26-16-8-4-3-5-9-16/h3-14H,1-2H3,(H,22,23). The summed E-state index contributed by atoms with van der Waals surface area (Å²) in [7, 11) is 3.11. The van der Waals surface area contributed by atoms with Crippen molar-refractivity contribution < 1.29 is 19.0 Å². The number of methoxy groups -OCH3 is 2. The Morgan fingerprint density at radius 1 is 0.769 bits per heavy atom. The minimum atomic E-state index is -0.274. The molecule has 0 aromatic heterocycles. The third-order valence-electron chi connectivity index (χ3n) is 3.74. The largest absolute Gasteiger partial charge is 0.493 e. The Kier molecular flexibility index (Phi) is 5.39. The second-order valence-electron chi connectivity index (χ2n) is 5.44. The van der Waals surface area contributed by atoms with E-state index in [0.717, 1.165) is 0 Å². The van der Waals surface area contributed by atoms with Crippen molar-refractivity contribution in [3.63, 3.8) is 0 Å². The zero-order chi connectivity index (χ0) is 18.4. The van der Waals surface area contributed by atoms with E-state index in [4.69, 9.17) is 14.2 Å². The molecule has 3 aromatic carbocycles. The quantitative estimate of drug-likeness (QED) is 0.698. The Labute approximate surface area is 152 Å². The van der Waals surface area contributed by atoms with E-state index in [1.54, 1.807) is 50.6 Å². The molecule has 0 aliphatic heterocycles. The molecule has 132 valence electrons. The van der Waals surface area contributed by atoms with Crippen LogP contribution in [0, 0.1) is 0 Å². The van der Waals surface area contributed by atoms with Crippen LogP contribution in [-0.4, -0.2) is 20.1 Å². The van der Waals surface area contributed by atoms with E-state index in [9.17, 15) is 4.79 Å². The van der Waals surface area contributed by atoms with Crippen molar-refractivity contribution in [2.45, 2.75) is 0 Å². The SMILES string of the molecule is COc1ccc(NC(=O)c2ccccc2Oc2ccccc2)cc1OC. The fourth-order valence-electron chi connectivity index (χ4n) is 2.47. The van der Waals surface area contributed by atoms with Gasteiger partial charge in [0.2, 0.25) is 0 Å². The fourth-order valence-corrected chi connectivity index (χ4v) is 2.47. The zero-order valence-corrected chi connectivity index (χ0v) is 14.6. The van der Waals surface area contributed by atoms with Gasteiger partial charge in [-0.25, -0.2) is 0 Å². The number of carbonyl (C=O) groups excluding carboxylic acids is 1. The van der Waals surface area contributed by atoms with Crippen LogP contribution in [-0.2, 0) is 0 Å². The third-order valence-corrected chi connectivity index (χ3v) is 3.74. The predicted molar refractivity (Wildman–Crippen MR) is 100 cm³/mol. The van der Waals surface area contributed by atoms with Crippen molar-refractivity contribution in [3.8, 4) is 23.0 Å². The van der Waals surface area contributed by atoms with Gasteiger partial charge in [-0.2, -0.15) is 0 Å². The van der Waals surface area contributed by atoms with Gasteiger partial charge in [-0.3, -0.25) is 4.79 Å². The van der Waals surface area contributed by atoms with Gasteiger partial charge in [0.05, 0.1) is 19.8 Å². The summed E-state index contributed by atoms with van der Waals surface area (Å²) < 4.78 is 16.3. The highest BCUT2D eigenvalue weighted by Gasteiger charge is 2.14. The van der Waals surface area contributed by atoms with Crippen LogP contribution in [0.4, 0.5) is 5.69 Å². The lowest BCUT2D eigenvalue weighted by atomic mass is 10.1. The van der Waals surface area contributed by atoms with E-state index in [0.29, 0.717) is 34.2 Å². The zero-order valence-electron chi connectivity index (χ0n) is 14.6. The van der Waals surface area contributed by atoms with Crippen LogP contribution in [0.25, 0.3) is 0 Å². The average molecular weight is 349 g/mol. The van der Waals surface area contributed by atoms with Crippen LogP contribution < -0.4 is 19.5 Å². The van der Waals surface area contributed by atoms with E-state index in [2.05, 4.69) is 5.32 Å². The van der Waals surface area contributed by atoms with Crippen molar-refractivity contribution in [2.75, 3.05) is 19.5 Å². The van der Waals surface area contributed by atoms with E-state index in [-0.39, 0.29) is 5.91 Å². The molecular formula is C21H19NO4. The van der Waals surface area contributed by atoms with Gasteiger partial charge in [-0.15, -0.1) is 0 Å². The molecule has 0 saturated heterocycles. The molecule has 0 atom stereocenters. The molecule has 0 bridgehead atoms. The van der Waals surface area contributed by atoms with Gasteiger partial charge < -0.3 is 19.5 Å². The van der Waals surface area contributed by atoms with Gasteiger partial charge in [0.25, 0.3) is 5.91 Å². The van der Waals surface area contributed by atoms with Crippen LogP contribution in [0.5, 0.6) is 23.0 Å². The van der Waals surface area contributed by atoms with E-state index < -0.39 is 0 Å². The van der Waals surface area contributed by atoms with Crippen molar-refractivity contribution in [1.29, 1.82) is 0 Å². The number of hydrogen-bond donors (Lipinski definition) is 1. The topological polar surface area (TPSA) is 56.8 Å². The Morgan fingerprint density at radius 3 is 2.19 bits per heavy atom. The summed E-state index contributed by atoms with van der Waals surface area (Å²) in [6.45, 7) is 0. The summed E-state index contributed by atoms with van der Waals surface area (Å²) in [5, 5.41) is 2.86. The number of para-hydroxylation sites is 2. The van der Waals surface area contributed by atoms with Gasteiger partial charge in [-0.1, -0.05) is 30.3 Å². The highest BCUT2D eigenvalue weighted by molar-refractivity contribution is 6.06. The molecule has 1 amide bonds. The Hall–Kier alpha value is -3.47. The van der Waals surface area contributed by atoms with Crippen molar-refractivity contribution >= 4 is 11.6 Å². The fraction of sp³-hybridized carbons (Fsp3) is 0.0952. The maximum atomic E-state index is 12.7. The van der Waals surface area contributed by atoms with Crippen molar-refractivity contribution in [2.24, 2.45) is 0 Å². The molecule has 0 saturated carbocycles. The first-order valence-corrected chi connectivity index (χ1v) is 8.06. The lowest BCUT2D eigenvalue weighted by Gasteiger charge is -2.13. The number of hydrogen-bond acceptors (Lipinski definition) is 4. The molecule has 0 heterocycles. The maximum absolute atomic E-state index is 12.7. The number of ether oxygens (including phenoxy) is 3. The molecule has 0 unspecified atom stereocenters. The molecule has 0 aliphatic rings. The Balaban J connectivity index is 1.82.